The van der Waals surface area contributed by atoms with Gasteiger partial charge in [0.05, 0.1) is 68.7 Å². The van der Waals surface area contributed by atoms with E-state index in [1.54, 1.807) is 45.5 Å². The number of ketones is 3. The number of carbonyl (C=O) groups is 8. The predicted octanol–water partition coefficient (Wildman–Crippen LogP) is 9.86. The van der Waals surface area contributed by atoms with Gasteiger partial charge in [-0.1, -0.05) is 75.4 Å². The highest BCUT2D eigenvalue weighted by Gasteiger charge is 2.42. The number of nitrogens with two attached hydrogens (primary N) is 2. The lowest BCUT2D eigenvalue weighted by atomic mass is 9.83. The fourth-order valence-electron chi connectivity index (χ4n) is 17.2. The number of aromatic nitrogens is 9. The van der Waals surface area contributed by atoms with Gasteiger partial charge in [0.25, 0.3) is 17.8 Å². The topological polar surface area (TPSA) is 422 Å². The zero-order valence-corrected chi connectivity index (χ0v) is 71.8. The van der Waals surface area contributed by atoms with Crippen LogP contribution in [-0.4, -0.2) is 229 Å². The molecule has 1 saturated carbocycles. The minimum atomic E-state index is -1.09. The number of nitrogen functional groups attached to an aromatic ring is 2. The molecule has 7 aromatic rings. The van der Waals surface area contributed by atoms with Crippen LogP contribution in [0, 0.1) is 23.7 Å². The molecule has 33 heteroatoms. The lowest BCUT2D eigenvalue weighted by Crippen LogP contribution is -2.54. The summed E-state index contributed by atoms with van der Waals surface area (Å²) in [6, 6.07) is 10.8. The third kappa shape index (κ3) is 24.2. The van der Waals surface area contributed by atoms with Crippen LogP contribution in [0.15, 0.2) is 120 Å². The summed E-state index contributed by atoms with van der Waals surface area (Å²) < 4.78 is 43.2. The van der Waals surface area contributed by atoms with Crippen molar-refractivity contribution in [3.63, 3.8) is 0 Å². The standard InChI is InChI=1S/C91H117N17O16/c1-56-13-8-7-9-14-57(2)78(118-6)46-69-15-12-17-77(121-69)82(113)86(115)107-31-11-10-16-72(107)87(116)122-70(45-73(109)59(4)42-60(5)75(111)47-74(110)58(3)41-56)26-21-61-19-24-68(25-20-61)123-91(117)99-50-63-48-95-89(96-49-63)104-33-35-105(36-34-104)90-97-51-67(52-98-90)85(114)94-30-38-120-40-39-119-37-29-79(112)106-32-28-64-43-62(18-22-66(64)54-106)53-108-84-80(83(92)100-55-101-84)81(103-108)65-23-27-76-71(44-65)102-88(93)124-76/h7-9,13-14,18,22-23,27,42-44,48-49,51-52,55-56,58-59,61,68-70,72,75,77-78,111H,10-12,15-17,19-21,24-26,28-41,45-47,50,53-54H2,1-6H3,(H2,93,102)(H,94,114)(H,99,117)(H2,92,100,101)/b9-7?,13-8+,57-14?,60-42+/t56-,58-,59-,61?,68?,69?,70-,72+,75+,77?,78+/m1/s1. The van der Waals surface area contributed by atoms with Crippen LogP contribution in [-0.2, 0) is 83.2 Å². The number of nitrogens with zero attached hydrogens (tertiary/aromatic N) is 13. The summed E-state index contributed by atoms with van der Waals surface area (Å²) in [6.45, 7) is 14.9. The molecule has 33 nitrogen and oxygen atoms in total. The van der Waals surface area contributed by atoms with E-state index in [9.17, 15) is 43.5 Å². The number of hydrogen-bond acceptors (Lipinski definition) is 28. The molecule has 2 unspecified atom stereocenters. The highest BCUT2D eigenvalue weighted by molar-refractivity contribution is 6.38. The first-order valence-electron chi connectivity index (χ1n) is 43.7. The van der Waals surface area contributed by atoms with Gasteiger partial charge in [0.1, 0.15) is 59.3 Å². The molecule has 4 amide bonds. The number of rotatable bonds is 22. The molecule has 10 heterocycles. The first kappa shape index (κ1) is 90.5. The number of piperidine rings is 1. The Balaban J connectivity index is 0.498. The molecule has 3 saturated heterocycles. The monoisotopic (exact) mass is 1700 g/mol. The average Bonchev–Trinajstić information content (AvgIpc) is 1.60. The van der Waals surface area contributed by atoms with Gasteiger partial charge in [-0.2, -0.15) is 10.1 Å². The summed E-state index contributed by atoms with van der Waals surface area (Å²) in [4.78, 5) is 149. The Labute approximate surface area is 721 Å². The zero-order valence-electron chi connectivity index (χ0n) is 71.8. The molecular weight excluding hydrogens is 1590 g/mol. The first-order valence-corrected chi connectivity index (χ1v) is 43.7. The second kappa shape index (κ2) is 43.4. The number of cyclic esters (lactones) is 1. The van der Waals surface area contributed by atoms with Gasteiger partial charge >= 0.3 is 12.1 Å². The minimum Gasteiger partial charge on any atom is -0.460 e. The molecule has 0 radical (unpaired) electrons. The number of carbonyl (C=O) groups excluding carboxylic acids is 8. The van der Waals surface area contributed by atoms with Crippen molar-refractivity contribution in [2.75, 3.05) is 101 Å². The van der Waals surface area contributed by atoms with E-state index < -0.39 is 54.0 Å². The Bertz CT molecular complexity index is 5010. The van der Waals surface area contributed by atoms with Crippen molar-refractivity contribution in [2.24, 2.45) is 23.7 Å². The molecule has 7 N–H and O–H groups in total. The molecular formula is C91H117N17O16. The quantitative estimate of drug-likeness (QED) is 0.0182. The van der Waals surface area contributed by atoms with Crippen LogP contribution in [0.4, 0.5) is 28.5 Å². The van der Waals surface area contributed by atoms with Crippen LogP contribution in [0.2, 0.25) is 0 Å². The molecule has 5 aliphatic heterocycles. The number of esters is 1. The number of aliphatic hydroxyl groups excluding tert-OH is 1. The van der Waals surface area contributed by atoms with E-state index in [1.807, 2.05) is 83.8 Å². The maximum atomic E-state index is 14.5. The van der Waals surface area contributed by atoms with Crippen LogP contribution < -0.4 is 31.9 Å². The number of aliphatic hydroxyl groups is 1. The van der Waals surface area contributed by atoms with E-state index >= 15 is 0 Å². The molecule has 13 rings (SSSR count). The number of anilines is 4. The number of amides is 4. The Morgan fingerprint density at radius 1 is 0.710 bits per heavy atom. The van der Waals surface area contributed by atoms with Gasteiger partial charge in [-0.3, -0.25) is 28.8 Å². The first-order chi connectivity index (χ1) is 60.0. The number of piperazine rings is 1. The molecule has 5 aromatic heterocycles. The fraction of sp³-hybridized carbons (Fsp3) is 0.538. The lowest BCUT2D eigenvalue weighted by Gasteiger charge is -2.36. The summed E-state index contributed by atoms with van der Waals surface area (Å²) in [6.07, 6.45) is 23.4. The van der Waals surface area contributed by atoms with Crippen molar-refractivity contribution < 1.29 is 76.3 Å². The molecule has 124 heavy (non-hydrogen) atoms. The summed E-state index contributed by atoms with van der Waals surface area (Å²) in [5.41, 5.74) is 21.1. The predicted molar refractivity (Wildman–Crippen MR) is 463 cm³/mol. The second-order valence-corrected chi connectivity index (χ2v) is 33.6. The van der Waals surface area contributed by atoms with E-state index in [0.29, 0.717) is 192 Å². The van der Waals surface area contributed by atoms with Crippen molar-refractivity contribution >= 4 is 93.0 Å². The van der Waals surface area contributed by atoms with Gasteiger partial charge in [0.15, 0.2) is 11.2 Å². The lowest BCUT2D eigenvalue weighted by molar-refractivity contribution is -0.167. The van der Waals surface area contributed by atoms with Gasteiger partial charge in [-0.05, 0) is 162 Å². The number of benzene rings is 2. The van der Waals surface area contributed by atoms with Crippen molar-refractivity contribution in [2.45, 2.75) is 212 Å². The number of nitrogens with one attached hydrogen (secondary N) is 2. The van der Waals surface area contributed by atoms with Crippen molar-refractivity contribution in [1.82, 2.24) is 65.1 Å². The highest BCUT2D eigenvalue weighted by Crippen LogP contribution is 2.36. The van der Waals surface area contributed by atoms with E-state index in [4.69, 9.17) is 49.4 Å². The summed E-state index contributed by atoms with van der Waals surface area (Å²) in [5, 5.41) is 22.5. The van der Waals surface area contributed by atoms with E-state index in [2.05, 4.69) is 62.6 Å². The number of alkyl carbamates (subject to hydrolysis) is 1. The number of Topliss-reactive ketones (excluding diaryl/α,β-unsaturated/α-hetero) is 3. The highest BCUT2D eigenvalue weighted by atomic mass is 16.6. The maximum Gasteiger partial charge on any atom is 0.407 e. The van der Waals surface area contributed by atoms with E-state index in [0.717, 1.165) is 35.1 Å². The molecule has 9 atom stereocenters. The smallest absolute Gasteiger partial charge is 0.407 e. The SMILES string of the molecule is CO[C@H]1CC2CCCC(O2)C(=O)C(=O)N2CCCC[C@H]2C(=O)O[C@H](CCC2CCC(OC(=O)NCc3cnc(N4CCN(c5ncc(C(=O)NCCOCCOCCC(=O)N6CCc7cc(Cn8nc(-c9ccc%10oc(N)nc%10c9)c9c(N)ncnc98)ccc7C6)cn5)CC4)nc3)CC2)CC(=O)[C@H](C)/C=C(\C)[C@@H](O)CC(=O)[C@H](C)C[C@H](C)/C=C/C=CC=C1C. The number of oxazole rings is 1. The largest absolute Gasteiger partial charge is 0.460 e. The molecule has 6 aliphatic rings. The molecule has 2 bridgehead atoms. The number of ether oxygens (including phenoxy) is 6. The van der Waals surface area contributed by atoms with Crippen molar-refractivity contribution in [3.8, 4) is 11.3 Å². The molecule has 2 aromatic carbocycles. The van der Waals surface area contributed by atoms with E-state index in [1.165, 1.54) is 29.2 Å². The van der Waals surface area contributed by atoms with Crippen LogP contribution in [0.25, 0.3) is 33.4 Å². The number of methoxy groups -OCH3 is 1. The molecule has 662 valence electrons. The normalized spacial score (nSPS) is 24.6. The molecule has 4 fully saturated rings. The molecule has 1 aliphatic carbocycles. The third-order valence-electron chi connectivity index (χ3n) is 24.5. The van der Waals surface area contributed by atoms with Gasteiger partial charge in [-0.25, -0.2) is 44.2 Å². The Morgan fingerprint density at radius 2 is 1.46 bits per heavy atom. The van der Waals surface area contributed by atoms with Crippen molar-refractivity contribution in [1.29, 1.82) is 0 Å². The van der Waals surface area contributed by atoms with Crippen molar-refractivity contribution in [3.05, 3.63) is 143 Å². The third-order valence-corrected chi connectivity index (χ3v) is 24.5. The van der Waals surface area contributed by atoms with Crippen LogP contribution in [0.3, 0.4) is 0 Å². The fourth-order valence-corrected chi connectivity index (χ4v) is 17.2. The number of hydrogen-bond donors (Lipinski definition) is 5. The summed E-state index contributed by atoms with van der Waals surface area (Å²) in [5.74, 6) is -2.20. The average molecular weight is 1710 g/mol. The Kier molecular flexibility index (Phi) is 31.6. The second-order valence-electron chi connectivity index (χ2n) is 33.6. The van der Waals surface area contributed by atoms with Crippen LogP contribution in [0.1, 0.15) is 176 Å². The number of fused-ring (bicyclic) bond motifs is 6. The van der Waals surface area contributed by atoms with Crippen LogP contribution in [0.5, 0.6) is 0 Å². The van der Waals surface area contributed by atoms with E-state index in [-0.39, 0.29) is 131 Å². The Morgan fingerprint density at radius 3 is 2.22 bits per heavy atom. The minimum absolute atomic E-state index is 0.0112. The van der Waals surface area contributed by atoms with Gasteiger partial charge in [-0.15, -0.1) is 0 Å². The van der Waals surface area contributed by atoms with Gasteiger partial charge in [0, 0.05) is 133 Å². The Hall–Kier alpha value is -11.3. The molecule has 0 spiro atoms. The maximum absolute atomic E-state index is 14.5. The van der Waals surface area contributed by atoms with Gasteiger partial charge < -0.3 is 79.6 Å². The summed E-state index contributed by atoms with van der Waals surface area (Å²) in [7, 11) is 1.63. The van der Waals surface area contributed by atoms with Crippen LogP contribution >= 0.6 is 0 Å². The zero-order chi connectivity index (χ0) is 87.3. The van der Waals surface area contributed by atoms with Gasteiger partial charge in [0.2, 0.25) is 23.6 Å². The number of allylic oxidation sites excluding steroid dienone is 6. The summed E-state index contributed by atoms with van der Waals surface area (Å²) >= 11 is 0.